The van der Waals surface area contributed by atoms with E-state index in [0.29, 0.717) is 17.1 Å². The Kier molecular flexibility index (Phi) is 2.68. The van der Waals surface area contributed by atoms with E-state index in [9.17, 15) is 0 Å². The lowest BCUT2D eigenvalue weighted by atomic mass is 9.90. The van der Waals surface area contributed by atoms with Crippen LogP contribution < -0.4 is 17.2 Å². The fourth-order valence-corrected chi connectivity index (χ4v) is 1.57. The van der Waals surface area contributed by atoms with Gasteiger partial charge in [0.25, 0.3) is 0 Å². The Bertz CT molecular complexity index is 325. The molecule has 1 unspecified atom stereocenters. The van der Waals surface area contributed by atoms with Crippen molar-refractivity contribution >= 4 is 18.5 Å². The first kappa shape index (κ1) is 10.1. The van der Waals surface area contributed by atoms with E-state index in [1.807, 2.05) is 13.8 Å². The molecule has 13 heavy (non-hydrogen) atoms. The van der Waals surface area contributed by atoms with Crippen LogP contribution in [0.1, 0.15) is 13.8 Å². The maximum atomic E-state index is 5.87. The van der Waals surface area contributed by atoms with E-state index in [-0.39, 0.29) is 6.04 Å². The van der Waals surface area contributed by atoms with E-state index in [4.69, 9.17) is 17.2 Å². The minimum absolute atomic E-state index is 0.287. The second-order valence-electron chi connectivity index (χ2n) is 3.10. The first-order valence-corrected chi connectivity index (χ1v) is 4.31. The minimum Gasteiger partial charge on any atom is -0.397 e. The van der Waals surface area contributed by atoms with Crippen LogP contribution in [0, 0.1) is 0 Å². The molecule has 0 aromatic heterocycles. The number of nitrogens with two attached hydrogens (primary N) is 3. The topological polar surface area (TPSA) is 90.4 Å². The Morgan fingerprint density at radius 2 is 1.77 bits per heavy atom. The van der Waals surface area contributed by atoms with Crippen molar-refractivity contribution in [3.05, 3.63) is 22.5 Å². The average Bonchev–Trinajstić information content (AvgIpc) is 2.13. The van der Waals surface area contributed by atoms with Gasteiger partial charge in [-0.05, 0) is 37.8 Å². The first-order valence-electron chi connectivity index (χ1n) is 3.91. The molecule has 0 spiro atoms. The molecule has 0 aliphatic heterocycles. The third-order valence-electron chi connectivity index (χ3n) is 2.37. The van der Waals surface area contributed by atoms with Crippen LogP contribution in [0.5, 0.6) is 0 Å². The van der Waals surface area contributed by atoms with E-state index in [1.54, 1.807) is 0 Å². The molecule has 4 nitrogen and oxygen atoms in total. The predicted molar refractivity (Wildman–Crippen MR) is 58.2 cm³/mol. The van der Waals surface area contributed by atoms with Gasteiger partial charge in [-0.15, -0.1) is 0 Å². The first-order chi connectivity index (χ1) is 6.00. The highest BCUT2D eigenvalue weighted by atomic mass is 32.1. The molecule has 0 saturated carbocycles. The Labute approximate surface area is 83.1 Å². The van der Waals surface area contributed by atoms with Gasteiger partial charge in [-0.3, -0.25) is 0 Å². The summed E-state index contributed by atoms with van der Waals surface area (Å²) in [7, 11) is 0. The molecule has 0 fully saturated rings. The standard InChI is InChI=1S/C8H14N4S/c1-3-5(9)6(10)4(2)8(12-13)7(3)11/h7,13H,9-11H2,1-2H3. The number of nitrogens with zero attached hydrogens (tertiary/aromatic N) is 1. The SMILES string of the molecule is CC1=C(N)C(N)=C(C)C(N)C1=NS. The van der Waals surface area contributed by atoms with Crippen LogP contribution in [0.15, 0.2) is 26.9 Å². The van der Waals surface area contributed by atoms with Crippen molar-refractivity contribution in [1.82, 2.24) is 0 Å². The van der Waals surface area contributed by atoms with Crippen molar-refractivity contribution in [3.8, 4) is 0 Å². The zero-order valence-electron chi connectivity index (χ0n) is 7.70. The summed E-state index contributed by atoms with van der Waals surface area (Å²) < 4.78 is 3.80. The summed E-state index contributed by atoms with van der Waals surface area (Å²) in [6, 6.07) is -0.287. The summed E-state index contributed by atoms with van der Waals surface area (Å²) in [6.07, 6.45) is 0. The highest BCUT2D eigenvalue weighted by molar-refractivity contribution is 7.79. The van der Waals surface area contributed by atoms with Crippen LogP contribution in [-0.4, -0.2) is 11.8 Å². The summed E-state index contributed by atoms with van der Waals surface area (Å²) >= 11 is 3.85. The molecule has 6 N–H and O–H groups in total. The quantitative estimate of drug-likeness (QED) is 0.415. The van der Waals surface area contributed by atoms with Gasteiger partial charge in [-0.25, -0.2) is 4.40 Å². The zero-order valence-corrected chi connectivity index (χ0v) is 8.60. The second kappa shape index (κ2) is 3.43. The molecule has 1 rings (SSSR count). The molecule has 5 heteroatoms. The van der Waals surface area contributed by atoms with Gasteiger partial charge in [-0.1, -0.05) is 0 Å². The number of rotatable bonds is 0. The lowest BCUT2D eigenvalue weighted by Crippen LogP contribution is -2.39. The molecule has 0 bridgehead atoms. The fourth-order valence-electron chi connectivity index (χ4n) is 1.30. The summed E-state index contributed by atoms with van der Waals surface area (Å²) in [6.45, 7) is 3.68. The van der Waals surface area contributed by atoms with Gasteiger partial charge in [0.15, 0.2) is 0 Å². The van der Waals surface area contributed by atoms with E-state index in [2.05, 4.69) is 17.2 Å². The van der Waals surface area contributed by atoms with Crippen LogP contribution in [0.4, 0.5) is 0 Å². The summed E-state index contributed by atoms with van der Waals surface area (Å²) in [4.78, 5) is 0. The molecule has 72 valence electrons. The van der Waals surface area contributed by atoms with Crippen molar-refractivity contribution in [2.75, 3.05) is 0 Å². The maximum absolute atomic E-state index is 5.87. The molecule has 0 amide bonds. The normalized spacial score (nSPS) is 27.4. The van der Waals surface area contributed by atoms with Gasteiger partial charge in [0, 0.05) is 0 Å². The third-order valence-corrected chi connectivity index (χ3v) is 2.59. The van der Waals surface area contributed by atoms with E-state index in [1.165, 1.54) is 0 Å². The predicted octanol–water partition coefficient (Wildman–Crippen LogP) is 0.0785. The zero-order chi connectivity index (χ0) is 10.2. The van der Waals surface area contributed by atoms with Crippen LogP contribution >= 0.6 is 12.8 Å². The Balaban J connectivity index is 3.32. The Morgan fingerprint density at radius 1 is 1.23 bits per heavy atom. The van der Waals surface area contributed by atoms with Gasteiger partial charge < -0.3 is 17.2 Å². The number of thiol groups is 1. The van der Waals surface area contributed by atoms with Crippen molar-refractivity contribution in [1.29, 1.82) is 0 Å². The monoisotopic (exact) mass is 198 g/mol. The number of hydrogen-bond donors (Lipinski definition) is 4. The van der Waals surface area contributed by atoms with Crippen molar-refractivity contribution < 1.29 is 0 Å². The second-order valence-corrected chi connectivity index (χ2v) is 3.30. The van der Waals surface area contributed by atoms with E-state index >= 15 is 0 Å². The average molecular weight is 198 g/mol. The highest BCUT2D eigenvalue weighted by Gasteiger charge is 2.24. The van der Waals surface area contributed by atoms with Crippen LogP contribution in [0.3, 0.4) is 0 Å². The van der Waals surface area contributed by atoms with E-state index in [0.717, 1.165) is 11.1 Å². The van der Waals surface area contributed by atoms with Gasteiger partial charge in [0.2, 0.25) is 0 Å². The Hall–Kier alpha value is -0.940. The van der Waals surface area contributed by atoms with Crippen molar-refractivity contribution in [2.45, 2.75) is 19.9 Å². The van der Waals surface area contributed by atoms with Crippen LogP contribution in [-0.2, 0) is 0 Å². The fraction of sp³-hybridized carbons (Fsp3) is 0.375. The van der Waals surface area contributed by atoms with Crippen molar-refractivity contribution in [3.63, 3.8) is 0 Å². The molecule has 1 aliphatic rings. The largest absolute Gasteiger partial charge is 0.397 e. The minimum atomic E-state index is -0.287. The molecule has 1 aliphatic carbocycles. The summed E-state index contributed by atoms with van der Waals surface area (Å²) in [5.41, 5.74) is 20.8. The van der Waals surface area contributed by atoms with Gasteiger partial charge in [-0.2, -0.15) is 0 Å². The summed E-state index contributed by atoms with van der Waals surface area (Å²) in [5, 5.41) is 0. The molecule has 0 saturated heterocycles. The lowest BCUT2D eigenvalue weighted by Gasteiger charge is -2.24. The summed E-state index contributed by atoms with van der Waals surface area (Å²) in [5.74, 6) is 0. The van der Waals surface area contributed by atoms with E-state index < -0.39 is 0 Å². The molecular formula is C8H14N4S. The van der Waals surface area contributed by atoms with Crippen molar-refractivity contribution in [2.24, 2.45) is 21.6 Å². The molecular weight excluding hydrogens is 184 g/mol. The maximum Gasteiger partial charge on any atom is 0.0744 e. The molecule has 0 radical (unpaired) electrons. The molecule has 0 aromatic carbocycles. The molecule has 1 atom stereocenters. The highest BCUT2D eigenvalue weighted by Crippen LogP contribution is 2.22. The smallest absolute Gasteiger partial charge is 0.0744 e. The van der Waals surface area contributed by atoms with Gasteiger partial charge >= 0.3 is 0 Å². The molecule has 0 aromatic rings. The molecule has 0 heterocycles. The number of hydrogen-bond acceptors (Lipinski definition) is 5. The lowest BCUT2D eigenvalue weighted by molar-refractivity contribution is 0.934. The van der Waals surface area contributed by atoms with Gasteiger partial charge in [0.1, 0.15) is 0 Å². The Morgan fingerprint density at radius 3 is 2.23 bits per heavy atom. The van der Waals surface area contributed by atoms with Gasteiger partial charge in [0.05, 0.1) is 23.1 Å². The van der Waals surface area contributed by atoms with Crippen LogP contribution in [0.25, 0.3) is 0 Å². The third kappa shape index (κ3) is 1.45. The van der Waals surface area contributed by atoms with Crippen LogP contribution in [0.2, 0.25) is 0 Å².